The standard InChI is InChI=1S/C33H60O2Si2/c1-23(2)13-12-14-24(3)27-15-16-28-31-29(18-20-33(27,28)5)32(4)19-17-26(34-36(6,7)8)21-25(32)22-30(31)35-37(9,10)11/h17,21,23-24,27-31H,12-16,18-20,22H2,1-11H3/t24-,27-,28?,29?,30-,31?,32+,33-/m1/s1. The van der Waals surface area contributed by atoms with Crippen molar-refractivity contribution in [3.05, 3.63) is 23.5 Å². The minimum atomic E-state index is -1.66. The normalized spacial score (nSPS) is 38.9. The van der Waals surface area contributed by atoms with Gasteiger partial charge in [0.05, 0.1) is 11.9 Å². The summed E-state index contributed by atoms with van der Waals surface area (Å²) in [6.45, 7) is 26.8. The average Bonchev–Trinajstić information content (AvgIpc) is 3.09. The second-order valence-corrected chi connectivity index (χ2v) is 25.3. The first-order valence-corrected chi connectivity index (χ1v) is 22.6. The van der Waals surface area contributed by atoms with Gasteiger partial charge < -0.3 is 8.85 Å². The highest BCUT2D eigenvalue weighted by Crippen LogP contribution is 2.68. The van der Waals surface area contributed by atoms with Crippen molar-refractivity contribution in [2.45, 2.75) is 138 Å². The Kier molecular flexibility index (Phi) is 8.48. The van der Waals surface area contributed by atoms with E-state index in [0.29, 0.717) is 17.4 Å². The fourth-order valence-electron chi connectivity index (χ4n) is 9.35. The maximum absolute atomic E-state index is 7.16. The van der Waals surface area contributed by atoms with E-state index in [2.05, 4.69) is 86.1 Å². The Balaban J connectivity index is 1.61. The van der Waals surface area contributed by atoms with Gasteiger partial charge in [0.25, 0.3) is 0 Å². The number of allylic oxidation sites excluding steroid dienone is 2. The van der Waals surface area contributed by atoms with Crippen molar-refractivity contribution in [2.75, 3.05) is 0 Å². The molecule has 0 aromatic heterocycles. The molecule has 4 aliphatic carbocycles. The summed E-state index contributed by atoms with van der Waals surface area (Å²) in [6.07, 6.45) is 17.5. The van der Waals surface area contributed by atoms with Gasteiger partial charge in [-0.1, -0.05) is 59.5 Å². The van der Waals surface area contributed by atoms with E-state index < -0.39 is 16.6 Å². The van der Waals surface area contributed by atoms with E-state index in [4.69, 9.17) is 8.85 Å². The molecule has 8 atom stereocenters. The van der Waals surface area contributed by atoms with Crippen LogP contribution in [0.2, 0.25) is 39.3 Å². The Morgan fingerprint density at radius 3 is 2.24 bits per heavy atom. The molecular formula is C33H60O2Si2. The molecule has 2 nitrogen and oxygen atoms in total. The van der Waals surface area contributed by atoms with Crippen LogP contribution in [0.4, 0.5) is 0 Å². The highest BCUT2D eigenvalue weighted by atomic mass is 28.4. The quantitative estimate of drug-likeness (QED) is 0.269. The molecule has 212 valence electrons. The van der Waals surface area contributed by atoms with E-state index in [1.807, 2.05) is 0 Å². The zero-order valence-corrected chi connectivity index (χ0v) is 28.4. The number of hydrogen-bond donors (Lipinski definition) is 0. The summed E-state index contributed by atoms with van der Waals surface area (Å²) in [4.78, 5) is 0. The summed E-state index contributed by atoms with van der Waals surface area (Å²) in [5.41, 5.74) is 2.40. The molecule has 0 aromatic rings. The third kappa shape index (κ3) is 6.22. The van der Waals surface area contributed by atoms with Gasteiger partial charge in [0.1, 0.15) is 0 Å². The van der Waals surface area contributed by atoms with Crippen LogP contribution in [0.5, 0.6) is 0 Å². The van der Waals surface area contributed by atoms with E-state index >= 15 is 0 Å². The van der Waals surface area contributed by atoms with Crippen LogP contribution in [0.15, 0.2) is 23.5 Å². The van der Waals surface area contributed by atoms with Crippen LogP contribution in [0.25, 0.3) is 0 Å². The van der Waals surface area contributed by atoms with Gasteiger partial charge in [0, 0.05) is 0 Å². The lowest BCUT2D eigenvalue weighted by atomic mass is 9.46. The van der Waals surface area contributed by atoms with Gasteiger partial charge in [-0.3, -0.25) is 0 Å². The fourth-order valence-corrected chi connectivity index (χ4v) is 11.4. The van der Waals surface area contributed by atoms with Crippen LogP contribution >= 0.6 is 0 Å². The lowest BCUT2D eigenvalue weighted by Gasteiger charge is -2.61. The molecule has 4 heteroatoms. The molecule has 3 unspecified atom stereocenters. The maximum Gasteiger partial charge on any atom is 0.242 e. The van der Waals surface area contributed by atoms with Crippen molar-refractivity contribution in [3.63, 3.8) is 0 Å². The van der Waals surface area contributed by atoms with Crippen molar-refractivity contribution in [2.24, 2.45) is 46.3 Å². The number of rotatable bonds is 9. The van der Waals surface area contributed by atoms with Gasteiger partial charge in [0.15, 0.2) is 8.32 Å². The van der Waals surface area contributed by atoms with Crippen molar-refractivity contribution >= 4 is 16.6 Å². The maximum atomic E-state index is 7.16. The SMILES string of the molecule is CC(C)CCC[C@@H](C)[C@H]1CCC2C3C(CC[C@@]21C)[C@@]1(C)CC=C(O[Si](C)(C)C)C=C1C[C@H]3O[Si](C)(C)C. The Morgan fingerprint density at radius 2 is 1.62 bits per heavy atom. The van der Waals surface area contributed by atoms with Crippen LogP contribution in [-0.2, 0) is 8.85 Å². The molecular weight excluding hydrogens is 485 g/mol. The molecule has 0 aromatic carbocycles. The third-order valence-corrected chi connectivity index (χ3v) is 12.8. The molecule has 0 radical (unpaired) electrons. The second kappa shape index (κ2) is 10.6. The zero-order valence-electron chi connectivity index (χ0n) is 26.4. The molecule has 0 N–H and O–H groups in total. The summed E-state index contributed by atoms with van der Waals surface area (Å²) in [7, 11) is -3.27. The molecule has 4 aliphatic rings. The minimum absolute atomic E-state index is 0.276. The van der Waals surface area contributed by atoms with Crippen molar-refractivity contribution in [1.82, 2.24) is 0 Å². The van der Waals surface area contributed by atoms with Gasteiger partial charge in [0.2, 0.25) is 8.32 Å². The lowest BCUT2D eigenvalue weighted by Crippen LogP contribution is -2.57. The van der Waals surface area contributed by atoms with E-state index in [0.717, 1.165) is 48.2 Å². The Morgan fingerprint density at radius 1 is 0.919 bits per heavy atom. The smallest absolute Gasteiger partial charge is 0.242 e. The number of hydrogen-bond acceptors (Lipinski definition) is 2. The predicted molar refractivity (Wildman–Crippen MR) is 165 cm³/mol. The van der Waals surface area contributed by atoms with Crippen LogP contribution in [0.1, 0.15) is 92.4 Å². The molecule has 0 bridgehead atoms. The number of fused-ring (bicyclic) bond motifs is 5. The molecule has 0 aliphatic heterocycles. The van der Waals surface area contributed by atoms with Crippen molar-refractivity contribution < 1.29 is 8.85 Å². The van der Waals surface area contributed by atoms with Crippen LogP contribution < -0.4 is 0 Å². The molecule has 0 spiro atoms. The van der Waals surface area contributed by atoms with Gasteiger partial charge in [-0.2, -0.15) is 0 Å². The van der Waals surface area contributed by atoms with E-state index in [1.165, 1.54) is 44.9 Å². The molecule has 3 saturated carbocycles. The summed E-state index contributed by atoms with van der Waals surface area (Å²) < 4.78 is 13.7. The first-order chi connectivity index (χ1) is 17.0. The Bertz CT molecular complexity index is 878. The molecule has 0 amide bonds. The average molecular weight is 545 g/mol. The van der Waals surface area contributed by atoms with Gasteiger partial charge in [-0.25, -0.2) is 0 Å². The molecule has 0 saturated heterocycles. The predicted octanol–water partition coefficient (Wildman–Crippen LogP) is 10.2. The van der Waals surface area contributed by atoms with Gasteiger partial charge in [-0.15, -0.1) is 0 Å². The summed E-state index contributed by atoms with van der Waals surface area (Å²) in [5, 5.41) is 0. The first-order valence-electron chi connectivity index (χ1n) is 15.8. The largest absolute Gasteiger partial charge is 0.545 e. The fraction of sp³-hybridized carbons (Fsp3) is 0.879. The third-order valence-electron chi connectivity index (χ3n) is 10.9. The molecule has 4 rings (SSSR count). The van der Waals surface area contributed by atoms with E-state index in [-0.39, 0.29) is 5.41 Å². The zero-order chi connectivity index (χ0) is 27.4. The monoisotopic (exact) mass is 544 g/mol. The molecule has 37 heavy (non-hydrogen) atoms. The van der Waals surface area contributed by atoms with Crippen LogP contribution in [0.3, 0.4) is 0 Å². The highest BCUT2D eigenvalue weighted by molar-refractivity contribution is 6.70. The highest BCUT2D eigenvalue weighted by Gasteiger charge is 2.62. The lowest BCUT2D eigenvalue weighted by molar-refractivity contribution is -0.104. The van der Waals surface area contributed by atoms with Crippen molar-refractivity contribution in [1.29, 1.82) is 0 Å². The van der Waals surface area contributed by atoms with Gasteiger partial charge in [-0.05, 0) is 136 Å². The van der Waals surface area contributed by atoms with Gasteiger partial charge >= 0.3 is 0 Å². The Hall–Kier alpha value is -0.326. The second-order valence-electron chi connectivity index (χ2n) is 16.4. The minimum Gasteiger partial charge on any atom is -0.545 e. The molecule has 0 heterocycles. The van der Waals surface area contributed by atoms with Crippen molar-refractivity contribution in [3.8, 4) is 0 Å². The summed E-state index contributed by atoms with van der Waals surface area (Å²) >= 11 is 0. The topological polar surface area (TPSA) is 18.5 Å². The van der Waals surface area contributed by atoms with E-state index in [9.17, 15) is 0 Å². The molecule has 3 fully saturated rings. The van der Waals surface area contributed by atoms with Crippen LogP contribution in [-0.4, -0.2) is 22.7 Å². The summed E-state index contributed by atoms with van der Waals surface area (Å²) in [5.74, 6) is 6.02. The Labute approximate surface area is 232 Å². The summed E-state index contributed by atoms with van der Waals surface area (Å²) in [6, 6.07) is 0. The van der Waals surface area contributed by atoms with E-state index in [1.54, 1.807) is 5.57 Å². The van der Waals surface area contributed by atoms with Crippen LogP contribution in [0, 0.1) is 46.3 Å². The first kappa shape index (κ1) is 29.7.